The molecule has 0 aliphatic carbocycles. The van der Waals surface area contributed by atoms with E-state index in [9.17, 15) is 9.18 Å². The minimum absolute atomic E-state index is 0.0625. The number of halogens is 2. The van der Waals surface area contributed by atoms with E-state index in [0.717, 1.165) is 18.4 Å². The van der Waals surface area contributed by atoms with Gasteiger partial charge >= 0.3 is 5.97 Å². The van der Waals surface area contributed by atoms with Crippen LogP contribution < -0.4 is 0 Å². The average Bonchev–Trinajstić information content (AvgIpc) is 2.47. The van der Waals surface area contributed by atoms with Crippen LogP contribution in [0.4, 0.5) is 4.39 Å². The number of aromatic carboxylic acids is 1. The van der Waals surface area contributed by atoms with E-state index in [4.69, 9.17) is 21.1 Å². The molecule has 0 saturated heterocycles. The second-order valence-electron chi connectivity index (χ2n) is 2.72. The molecule has 0 aliphatic heterocycles. The van der Waals surface area contributed by atoms with Gasteiger partial charge in [0.15, 0.2) is 5.58 Å². The smallest absolute Gasteiger partial charge is 0.339 e. The van der Waals surface area contributed by atoms with Crippen molar-refractivity contribution in [3.63, 3.8) is 0 Å². The van der Waals surface area contributed by atoms with E-state index >= 15 is 0 Å². The molecule has 2 rings (SSSR count). The lowest BCUT2D eigenvalue weighted by Gasteiger charge is -1.93. The van der Waals surface area contributed by atoms with Crippen LogP contribution >= 0.6 is 11.6 Å². The van der Waals surface area contributed by atoms with Gasteiger partial charge in [0.2, 0.25) is 0 Å². The van der Waals surface area contributed by atoms with Crippen molar-refractivity contribution in [2.24, 2.45) is 0 Å². The van der Waals surface area contributed by atoms with E-state index in [1.54, 1.807) is 0 Å². The zero-order chi connectivity index (χ0) is 10.3. The summed E-state index contributed by atoms with van der Waals surface area (Å²) < 4.78 is 17.8. The molecule has 72 valence electrons. The van der Waals surface area contributed by atoms with Gasteiger partial charge in [-0.15, -0.1) is 0 Å². The molecule has 5 heteroatoms. The van der Waals surface area contributed by atoms with Crippen molar-refractivity contribution in [1.82, 2.24) is 0 Å². The maximum atomic E-state index is 12.9. The monoisotopic (exact) mass is 214 g/mol. The van der Waals surface area contributed by atoms with Crippen LogP contribution in [0.2, 0.25) is 5.02 Å². The summed E-state index contributed by atoms with van der Waals surface area (Å²) in [7, 11) is 0. The van der Waals surface area contributed by atoms with Gasteiger partial charge < -0.3 is 9.52 Å². The summed E-state index contributed by atoms with van der Waals surface area (Å²) in [6.07, 6.45) is 1.04. The highest BCUT2D eigenvalue weighted by molar-refractivity contribution is 6.35. The van der Waals surface area contributed by atoms with Gasteiger partial charge in [-0.1, -0.05) is 11.6 Å². The lowest BCUT2D eigenvalue weighted by atomic mass is 10.2. The number of carboxylic acid groups (broad SMARTS) is 1. The molecule has 0 spiro atoms. The molecule has 0 atom stereocenters. The van der Waals surface area contributed by atoms with Crippen molar-refractivity contribution in [1.29, 1.82) is 0 Å². The summed E-state index contributed by atoms with van der Waals surface area (Å²) in [5, 5.41) is 8.96. The Morgan fingerprint density at radius 3 is 2.86 bits per heavy atom. The number of benzene rings is 1. The molecule has 14 heavy (non-hydrogen) atoms. The molecular formula is C9H4ClFO3. The first kappa shape index (κ1) is 9.02. The number of fused-ring (bicyclic) bond motifs is 1. The molecule has 1 heterocycles. The van der Waals surface area contributed by atoms with Crippen molar-refractivity contribution in [2.45, 2.75) is 0 Å². The van der Waals surface area contributed by atoms with Gasteiger partial charge in [-0.25, -0.2) is 9.18 Å². The Balaban J connectivity index is 2.85. The largest absolute Gasteiger partial charge is 0.478 e. The van der Waals surface area contributed by atoms with Crippen molar-refractivity contribution in [3.8, 4) is 0 Å². The van der Waals surface area contributed by atoms with Crippen LogP contribution in [-0.4, -0.2) is 11.1 Å². The quantitative estimate of drug-likeness (QED) is 0.794. The topological polar surface area (TPSA) is 50.4 Å². The number of hydrogen-bond donors (Lipinski definition) is 1. The molecule has 0 bridgehead atoms. The van der Waals surface area contributed by atoms with Gasteiger partial charge in [-0.2, -0.15) is 0 Å². The molecule has 0 amide bonds. The first-order valence-corrected chi connectivity index (χ1v) is 4.07. The highest BCUT2D eigenvalue weighted by Crippen LogP contribution is 2.29. The fraction of sp³-hybridized carbons (Fsp3) is 0. The number of rotatable bonds is 1. The molecule has 1 aromatic carbocycles. The Labute approximate surface area is 82.7 Å². The van der Waals surface area contributed by atoms with Crippen LogP contribution in [0, 0.1) is 5.82 Å². The summed E-state index contributed by atoms with van der Waals surface area (Å²) >= 11 is 5.65. The average molecular weight is 215 g/mol. The third-order valence-corrected chi connectivity index (χ3v) is 2.10. The van der Waals surface area contributed by atoms with Crippen molar-refractivity contribution in [2.75, 3.05) is 0 Å². The molecule has 1 N–H and O–H groups in total. The van der Waals surface area contributed by atoms with Gasteiger partial charge in [0, 0.05) is 5.39 Å². The van der Waals surface area contributed by atoms with Crippen molar-refractivity contribution >= 4 is 28.5 Å². The number of carboxylic acids is 1. The normalized spacial score (nSPS) is 10.7. The molecule has 3 nitrogen and oxygen atoms in total. The lowest BCUT2D eigenvalue weighted by Crippen LogP contribution is -1.93. The molecule has 2 aromatic rings. The van der Waals surface area contributed by atoms with Gasteiger partial charge in [-0.3, -0.25) is 0 Å². The predicted molar refractivity (Wildman–Crippen MR) is 48.1 cm³/mol. The van der Waals surface area contributed by atoms with Gasteiger partial charge in [0.05, 0.1) is 5.02 Å². The van der Waals surface area contributed by atoms with Gasteiger partial charge in [-0.05, 0) is 12.1 Å². The standard InChI is InChI=1S/C9H4ClFO3/c10-7-2-4(11)1-5-6(9(12)13)3-14-8(5)7/h1-3H,(H,12,13). The summed E-state index contributed by atoms with van der Waals surface area (Å²) in [5.74, 6) is -1.77. The van der Waals surface area contributed by atoms with Crippen LogP contribution in [0.3, 0.4) is 0 Å². The summed E-state index contributed by atoms with van der Waals surface area (Å²) in [5.41, 5.74) is 0.0897. The Bertz CT molecular complexity index is 518. The zero-order valence-electron chi connectivity index (χ0n) is 6.75. The zero-order valence-corrected chi connectivity index (χ0v) is 7.51. The molecule has 0 radical (unpaired) electrons. The Morgan fingerprint density at radius 2 is 2.21 bits per heavy atom. The van der Waals surface area contributed by atoms with E-state index in [-0.39, 0.29) is 21.6 Å². The Kier molecular flexibility index (Phi) is 1.93. The highest BCUT2D eigenvalue weighted by Gasteiger charge is 2.15. The third-order valence-electron chi connectivity index (χ3n) is 1.82. The lowest BCUT2D eigenvalue weighted by molar-refractivity contribution is 0.0698. The number of hydrogen-bond acceptors (Lipinski definition) is 2. The number of furan rings is 1. The van der Waals surface area contributed by atoms with E-state index in [0.29, 0.717) is 0 Å². The number of carbonyl (C=O) groups is 1. The fourth-order valence-electron chi connectivity index (χ4n) is 1.23. The van der Waals surface area contributed by atoms with Crippen LogP contribution in [0.25, 0.3) is 11.0 Å². The third kappa shape index (κ3) is 1.24. The van der Waals surface area contributed by atoms with Crippen molar-refractivity contribution < 1.29 is 18.7 Å². The van der Waals surface area contributed by atoms with Crippen LogP contribution in [-0.2, 0) is 0 Å². The molecule has 1 aromatic heterocycles. The highest BCUT2D eigenvalue weighted by atomic mass is 35.5. The maximum absolute atomic E-state index is 12.9. The molecule has 0 fully saturated rings. The first-order chi connectivity index (χ1) is 6.59. The molecular weight excluding hydrogens is 211 g/mol. The van der Waals surface area contributed by atoms with E-state index < -0.39 is 11.8 Å². The predicted octanol–water partition coefficient (Wildman–Crippen LogP) is 2.92. The van der Waals surface area contributed by atoms with Crippen LogP contribution in [0.1, 0.15) is 10.4 Å². The van der Waals surface area contributed by atoms with Crippen molar-refractivity contribution in [3.05, 3.63) is 34.8 Å². The van der Waals surface area contributed by atoms with Crippen LogP contribution in [0.5, 0.6) is 0 Å². The Hall–Kier alpha value is -1.55. The summed E-state index contributed by atoms with van der Waals surface area (Å²) in [6, 6.07) is 2.15. The second kappa shape index (κ2) is 2.99. The van der Waals surface area contributed by atoms with E-state index in [1.165, 1.54) is 0 Å². The molecule has 0 aliphatic rings. The second-order valence-corrected chi connectivity index (χ2v) is 3.13. The fourth-order valence-corrected chi connectivity index (χ4v) is 1.48. The van der Waals surface area contributed by atoms with Crippen LogP contribution in [0.15, 0.2) is 22.8 Å². The SMILES string of the molecule is O=C(O)c1coc2c(Cl)cc(F)cc12. The van der Waals surface area contributed by atoms with E-state index in [1.807, 2.05) is 0 Å². The van der Waals surface area contributed by atoms with Gasteiger partial charge in [0.25, 0.3) is 0 Å². The first-order valence-electron chi connectivity index (χ1n) is 3.69. The minimum Gasteiger partial charge on any atom is -0.478 e. The Morgan fingerprint density at radius 1 is 1.50 bits per heavy atom. The maximum Gasteiger partial charge on any atom is 0.339 e. The summed E-state index contributed by atoms with van der Waals surface area (Å²) in [6.45, 7) is 0. The summed E-state index contributed by atoms with van der Waals surface area (Å²) in [4.78, 5) is 10.7. The minimum atomic E-state index is -1.18. The van der Waals surface area contributed by atoms with E-state index in [2.05, 4.69) is 0 Å². The molecule has 0 unspecified atom stereocenters. The van der Waals surface area contributed by atoms with Gasteiger partial charge in [0.1, 0.15) is 17.6 Å². The molecule has 0 saturated carbocycles.